The second kappa shape index (κ2) is 6.11. The molecule has 0 fully saturated rings. The Kier molecular flexibility index (Phi) is 4.70. The molecule has 0 N–H and O–H groups in total. The molecular weight excluding hydrogens is 320 g/mol. The highest BCUT2D eigenvalue weighted by Crippen LogP contribution is 2.33. The third-order valence-corrected chi connectivity index (χ3v) is 4.85. The van der Waals surface area contributed by atoms with Crippen molar-refractivity contribution in [3.05, 3.63) is 69.7 Å². The minimum Gasteiger partial charge on any atom is -0.0841 e. The second-order valence-electron chi connectivity index (χ2n) is 5.19. The zero-order valence-corrected chi connectivity index (χ0v) is 13.8. The molecule has 0 saturated heterocycles. The molecule has 0 aliphatic rings. The van der Waals surface area contributed by atoms with Crippen LogP contribution in [0.5, 0.6) is 0 Å². The molecule has 0 nitrogen and oxygen atoms in total. The lowest BCUT2D eigenvalue weighted by atomic mass is 9.98. The highest BCUT2D eigenvalue weighted by molar-refractivity contribution is 9.09. The summed E-state index contributed by atoms with van der Waals surface area (Å²) in [5, 5.41) is 0.818. The smallest absolute Gasteiger partial charge is 0.0644 e. The van der Waals surface area contributed by atoms with Gasteiger partial charge in [-0.25, -0.2) is 0 Å². The van der Waals surface area contributed by atoms with E-state index in [-0.39, 0.29) is 4.83 Å². The van der Waals surface area contributed by atoms with Gasteiger partial charge in [0.15, 0.2) is 0 Å². The van der Waals surface area contributed by atoms with Crippen LogP contribution in [-0.4, -0.2) is 0 Å². The van der Waals surface area contributed by atoms with Crippen molar-refractivity contribution in [2.24, 2.45) is 0 Å². The van der Waals surface area contributed by atoms with Gasteiger partial charge in [0.1, 0.15) is 0 Å². The Hall–Kier alpha value is -0.790. The lowest BCUT2D eigenvalue weighted by molar-refractivity contribution is 0.865. The molecule has 0 aromatic heterocycles. The number of hydrogen-bond acceptors (Lipinski definition) is 0. The maximum Gasteiger partial charge on any atom is 0.0644 e. The van der Waals surface area contributed by atoms with Crippen molar-refractivity contribution < 1.29 is 0 Å². The van der Waals surface area contributed by atoms with E-state index in [4.69, 9.17) is 11.6 Å². The summed E-state index contributed by atoms with van der Waals surface area (Å²) in [6.07, 6.45) is 0. The number of hydrogen-bond donors (Lipinski definition) is 0. The summed E-state index contributed by atoms with van der Waals surface area (Å²) in [6, 6.07) is 15.0. The fourth-order valence-electron chi connectivity index (χ4n) is 2.07. The molecule has 0 aliphatic heterocycles. The fourth-order valence-corrected chi connectivity index (χ4v) is 2.78. The summed E-state index contributed by atoms with van der Waals surface area (Å²) < 4.78 is 0. The van der Waals surface area contributed by atoms with Gasteiger partial charge in [0.2, 0.25) is 0 Å². The van der Waals surface area contributed by atoms with E-state index < -0.39 is 0 Å². The van der Waals surface area contributed by atoms with Crippen LogP contribution in [0.2, 0.25) is 5.02 Å². The van der Waals surface area contributed by atoms with Crippen LogP contribution in [0, 0.1) is 6.92 Å². The molecule has 2 aromatic carbocycles. The van der Waals surface area contributed by atoms with E-state index in [1.54, 1.807) is 0 Å². The van der Waals surface area contributed by atoms with Gasteiger partial charge in [0, 0.05) is 5.02 Å². The molecule has 1 atom stereocenters. The zero-order chi connectivity index (χ0) is 14.0. The largest absolute Gasteiger partial charge is 0.0841 e. The quantitative estimate of drug-likeness (QED) is 0.580. The lowest BCUT2D eigenvalue weighted by Gasteiger charge is -2.13. The Bertz CT molecular complexity index is 558. The van der Waals surface area contributed by atoms with E-state index in [1.165, 1.54) is 16.7 Å². The summed E-state index contributed by atoms with van der Waals surface area (Å²) in [7, 11) is 0. The molecule has 0 spiro atoms. The standard InChI is InChI=1S/C17H18BrCl/c1-11(2)13-4-6-14(7-5-13)17(18)15-8-9-16(19)12(3)10-15/h4-11,17H,1-3H3. The Labute approximate surface area is 128 Å². The third-order valence-electron chi connectivity index (χ3n) is 3.37. The van der Waals surface area contributed by atoms with Gasteiger partial charge in [-0.2, -0.15) is 0 Å². The van der Waals surface area contributed by atoms with E-state index in [0.717, 1.165) is 10.6 Å². The zero-order valence-electron chi connectivity index (χ0n) is 11.5. The average Bonchev–Trinajstić information content (AvgIpc) is 2.41. The van der Waals surface area contributed by atoms with Crippen LogP contribution in [-0.2, 0) is 0 Å². The summed E-state index contributed by atoms with van der Waals surface area (Å²) in [4.78, 5) is 0.213. The fraction of sp³-hybridized carbons (Fsp3) is 0.294. The molecule has 0 amide bonds. The number of alkyl halides is 1. The van der Waals surface area contributed by atoms with Crippen molar-refractivity contribution in [2.75, 3.05) is 0 Å². The molecule has 2 aromatic rings. The monoisotopic (exact) mass is 336 g/mol. The molecule has 2 heteroatoms. The Morgan fingerprint density at radius 3 is 1.95 bits per heavy atom. The van der Waals surface area contributed by atoms with Crippen LogP contribution < -0.4 is 0 Å². The lowest BCUT2D eigenvalue weighted by Crippen LogP contribution is -1.95. The highest BCUT2D eigenvalue weighted by atomic mass is 79.9. The first-order chi connectivity index (χ1) is 8.99. The van der Waals surface area contributed by atoms with Gasteiger partial charge in [-0.3, -0.25) is 0 Å². The Morgan fingerprint density at radius 1 is 0.895 bits per heavy atom. The van der Waals surface area contributed by atoms with Gasteiger partial charge in [0.25, 0.3) is 0 Å². The first-order valence-corrected chi connectivity index (χ1v) is 7.78. The summed E-state index contributed by atoms with van der Waals surface area (Å²) in [6.45, 7) is 6.46. The van der Waals surface area contributed by atoms with Crippen LogP contribution in [0.1, 0.15) is 46.8 Å². The van der Waals surface area contributed by atoms with Gasteiger partial charge in [-0.1, -0.05) is 77.8 Å². The number of benzene rings is 2. The Morgan fingerprint density at radius 2 is 1.42 bits per heavy atom. The highest BCUT2D eigenvalue weighted by Gasteiger charge is 2.11. The van der Waals surface area contributed by atoms with Crippen molar-refractivity contribution in [3.8, 4) is 0 Å². The topological polar surface area (TPSA) is 0 Å². The van der Waals surface area contributed by atoms with Crippen molar-refractivity contribution in [1.82, 2.24) is 0 Å². The Balaban J connectivity index is 2.27. The predicted octanol–water partition coefficient (Wildman–Crippen LogP) is 6.26. The van der Waals surface area contributed by atoms with Crippen LogP contribution in [0.3, 0.4) is 0 Å². The molecule has 0 radical (unpaired) electrons. The van der Waals surface area contributed by atoms with Crippen LogP contribution in [0.25, 0.3) is 0 Å². The maximum atomic E-state index is 6.07. The van der Waals surface area contributed by atoms with Crippen LogP contribution in [0.15, 0.2) is 42.5 Å². The summed E-state index contributed by atoms with van der Waals surface area (Å²) in [5.41, 5.74) is 4.99. The van der Waals surface area contributed by atoms with E-state index in [9.17, 15) is 0 Å². The van der Waals surface area contributed by atoms with Crippen LogP contribution >= 0.6 is 27.5 Å². The average molecular weight is 338 g/mol. The number of rotatable bonds is 3. The van der Waals surface area contributed by atoms with E-state index >= 15 is 0 Å². The molecule has 100 valence electrons. The van der Waals surface area contributed by atoms with Crippen molar-refractivity contribution in [1.29, 1.82) is 0 Å². The van der Waals surface area contributed by atoms with Crippen molar-refractivity contribution >= 4 is 27.5 Å². The molecular formula is C17H18BrCl. The number of halogens is 2. The first-order valence-electron chi connectivity index (χ1n) is 6.49. The van der Waals surface area contributed by atoms with Gasteiger partial charge in [-0.15, -0.1) is 0 Å². The molecule has 0 saturated carbocycles. The number of aryl methyl sites for hydroxylation is 1. The first kappa shape index (κ1) is 14.6. The normalized spacial score (nSPS) is 12.7. The van der Waals surface area contributed by atoms with E-state index in [2.05, 4.69) is 66.2 Å². The molecule has 1 unspecified atom stereocenters. The molecule has 0 aliphatic carbocycles. The van der Waals surface area contributed by atoms with Crippen LogP contribution in [0.4, 0.5) is 0 Å². The molecule has 19 heavy (non-hydrogen) atoms. The van der Waals surface area contributed by atoms with E-state index in [1.807, 2.05) is 13.0 Å². The van der Waals surface area contributed by atoms with Gasteiger partial charge < -0.3 is 0 Å². The maximum absolute atomic E-state index is 6.07. The second-order valence-corrected chi connectivity index (χ2v) is 6.52. The summed E-state index contributed by atoms with van der Waals surface area (Å²) in [5.74, 6) is 0.570. The molecule has 2 rings (SSSR count). The van der Waals surface area contributed by atoms with Gasteiger partial charge in [-0.05, 0) is 41.2 Å². The van der Waals surface area contributed by atoms with Crippen molar-refractivity contribution in [3.63, 3.8) is 0 Å². The minimum absolute atomic E-state index is 0.213. The molecule has 0 heterocycles. The van der Waals surface area contributed by atoms with Gasteiger partial charge >= 0.3 is 0 Å². The SMILES string of the molecule is Cc1cc(C(Br)c2ccc(C(C)C)cc2)ccc1Cl. The van der Waals surface area contributed by atoms with Crippen molar-refractivity contribution in [2.45, 2.75) is 31.5 Å². The minimum atomic E-state index is 0.213. The summed E-state index contributed by atoms with van der Waals surface area (Å²) >= 11 is 9.84. The third kappa shape index (κ3) is 3.40. The van der Waals surface area contributed by atoms with Gasteiger partial charge in [0.05, 0.1) is 4.83 Å². The predicted molar refractivity (Wildman–Crippen MR) is 87.5 cm³/mol. The van der Waals surface area contributed by atoms with E-state index in [0.29, 0.717) is 5.92 Å². The molecule has 0 bridgehead atoms.